The normalized spacial score (nSPS) is 39.8. The summed E-state index contributed by atoms with van der Waals surface area (Å²) >= 11 is 0. The van der Waals surface area contributed by atoms with Crippen LogP contribution in [-0.2, 0) is 14.3 Å². The molecule has 2 rings (SSSR count). The lowest BCUT2D eigenvalue weighted by Gasteiger charge is -2.25. The van der Waals surface area contributed by atoms with Crippen LogP contribution in [0.3, 0.4) is 0 Å². The van der Waals surface area contributed by atoms with Crippen LogP contribution in [0.15, 0.2) is 12.7 Å². The largest absolute Gasteiger partial charge is 0.462 e. The standard InChI is InChI=1S/C11H16O3/c1-3-11(12)13-6-8-5-10-9(14-10)4-7(8)2/h3,7-10H,1,4-6H2,2H3. The minimum atomic E-state index is -0.323. The van der Waals surface area contributed by atoms with Gasteiger partial charge in [-0.05, 0) is 24.7 Å². The van der Waals surface area contributed by atoms with Crippen molar-refractivity contribution >= 4 is 5.97 Å². The Morgan fingerprint density at radius 1 is 1.57 bits per heavy atom. The molecule has 0 N–H and O–H groups in total. The molecule has 4 atom stereocenters. The van der Waals surface area contributed by atoms with Crippen molar-refractivity contribution in [2.45, 2.75) is 32.0 Å². The Morgan fingerprint density at radius 3 is 3.00 bits per heavy atom. The Hall–Kier alpha value is -0.830. The molecule has 1 aliphatic carbocycles. The van der Waals surface area contributed by atoms with Gasteiger partial charge in [-0.3, -0.25) is 0 Å². The number of ether oxygens (including phenoxy) is 2. The summed E-state index contributed by atoms with van der Waals surface area (Å²) in [5.74, 6) is 0.732. The highest BCUT2D eigenvalue weighted by Crippen LogP contribution is 2.42. The van der Waals surface area contributed by atoms with Gasteiger partial charge in [0.2, 0.25) is 0 Å². The lowest BCUT2D eigenvalue weighted by atomic mass is 9.81. The van der Waals surface area contributed by atoms with Crippen molar-refractivity contribution in [2.24, 2.45) is 11.8 Å². The van der Waals surface area contributed by atoms with Crippen molar-refractivity contribution in [1.82, 2.24) is 0 Å². The molecule has 1 heterocycles. The molecule has 2 aliphatic rings. The number of carbonyl (C=O) groups excluding carboxylic acids is 1. The molecule has 2 fully saturated rings. The number of hydrogen-bond acceptors (Lipinski definition) is 3. The molecule has 14 heavy (non-hydrogen) atoms. The van der Waals surface area contributed by atoms with E-state index in [4.69, 9.17) is 9.47 Å². The quantitative estimate of drug-likeness (QED) is 0.390. The molecule has 0 bridgehead atoms. The molecule has 4 unspecified atom stereocenters. The highest BCUT2D eigenvalue weighted by molar-refractivity contribution is 5.81. The van der Waals surface area contributed by atoms with Gasteiger partial charge in [-0.25, -0.2) is 4.79 Å². The zero-order chi connectivity index (χ0) is 10.1. The zero-order valence-electron chi connectivity index (χ0n) is 8.44. The maximum Gasteiger partial charge on any atom is 0.330 e. The first kappa shape index (κ1) is 9.71. The number of carbonyl (C=O) groups is 1. The maximum absolute atomic E-state index is 10.9. The van der Waals surface area contributed by atoms with Crippen LogP contribution in [0.1, 0.15) is 19.8 Å². The first-order valence-corrected chi connectivity index (χ1v) is 5.15. The fourth-order valence-corrected chi connectivity index (χ4v) is 2.16. The van der Waals surface area contributed by atoms with Crippen LogP contribution in [0.4, 0.5) is 0 Å². The van der Waals surface area contributed by atoms with Crippen LogP contribution >= 0.6 is 0 Å². The molecule has 3 nitrogen and oxygen atoms in total. The first-order valence-electron chi connectivity index (χ1n) is 5.15. The van der Waals surface area contributed by atoms with Crippen LogP contribution in [0.2, 0.25) is 0 Å². The van der Waals surface area contributed by atoms with Gasteiger partial charge in [-0.1, -0.05) is 13.5 Å². The Kier molecular flexibility index (Phi) is 2.59. The van der Waals surface area contributed by atoms with Crippen LogP contribution < -0.4 is 0 Å². The lowest BCUT2D eigenvalue weighted by Crippen LogP contribution is -2.27. The summed E-state index contributed by atoms with van der Waals surface area (Å²) in [7, 11) is 0. The van der Waals surface area contributed by atoms with Crippen molar-refractivity contribution < 1.29 is 14.3 Å². The third-order valence-electron chi connectivity index (χ3n) is 3.24. The van der Waals surface area contributed by atoms with Crippen LogP contribution in [0.5, 0.6) is 0 Å². The minimum absolute atomic E-state index is 0.323. The second-order valence-electron chi connectivity index (χ2n) is 4.26. The van der Waals surface area contributed by atoms with E-state index < -0.39 is 0 Å². The molecule has 0 radical (unpaired) electrons. The highest BCUT2D eigenvalue weighted by atomic mass is 16.6. The molecule has 0 spiro atoms. The zero-order valence-corrected chi connectivity index (χ0v) is 8.44. The average molecular weight is 196 g/mol. The number of epoxide rings is 1. The maximum atomic E-state index is 10.9. The lowest BCUT2D eigenvalue weighted by molar-refractivity contribution is -0.139. The molecule has 0 aromatic carbocycles. The first-order chi connectivity index (χ1) is 6.70. The van der Waals surface area contributed by atoms with Crippen molar-refractivity contribution in [2.75, 3.05) is 6.61 Å². The SMILES string of the molecule is C=CC(=O)OCC1CC2OC2CC1C. The van der Waals surface area contributed by atoms with E-state index in [1.807, 2.05) is 0 Å². The van der Waals surface area contributed by atoms with Crippen molar-refractivity contribution in [3.05, 3.63) is 12.7 Å². The molecule has 1 saturated carbocycles. The van der Waals surface area contributed by atoms with E-state index in [1.54, 1.807) is 0 Å². The molecule has 1 aliphatic heterocycles. The number of fused-ring (bicyclic) bond motifs is 1. The molecule has 3 heteroatoms. The van der Waals surface area contributed by atoms with Crippen LogP contribution in [0, 0.1) is 11.8 Å². The number of rotatable bonds is 3. The van der Waals surface area contributed by atoms with Gasteiger partial charge in [0, 0.05) is 6.08 Å². The van der Waals surface area contributed by atoms with Gasteiger partial charge in [-0.15, -0.1) is 0 Å². The topological polar surface area (TPSA) is 38.8 Å². The summed E-state index contributed by atoms with van der Waals surface area (Å²) in [6.07, 6.45) is 4.30. The van der Waals surface area contributed by atoms with Gasteiger partial charge < -0.3 is 9.47 Å². The van der Waals surface area contributed by atoms with E-state index in [2.05, 4.69) is 13.5 Å². The van der Waals surface area contributed by atoms with Gasteiger partial charge in [0.1, 0.15) is 0 Å². The predicted molar refractivity (Wildman–Crippen MR) is 51.7 cm³/mol. The Labute approximate surface area is 84.1 Å². The molecule has 0 aromatic rings. The van der Waals surface area contributed by atoms with E-state index in [0.29, 0.717) is 30.7 Å². The van der Waals surface area contributed by atoms with Gasteiger partial charge in [0.05, 0.1) is 18.8 Å². The van der Waals surface area contributed by atoms with E-state index >= 15 is 0 Å². The number of hydrogen-bond donors (Lipinski definition) is 0. The third kappa shape index (κ3) is 1.98. The minimum Gasteiger partial charge on any atom is -0.462 e. The van der Waals surface area contributed by atoms with Gasteiger partial charge in [0.25, 0.3) is 0 Å². The van der Waals surface area contributed by atoms with Crippen molar-refractivity contribution in [1.29, 1.82) is 0 Å². The van der Waals surface area contributed by atoms with E-state index in [9.17, 15) is 4.79 Å². The van der Waals surface area contributed by atoms with E-state index in [-0.39, 0.29) is 5.97 Å². The summed E-state index contributed by atoms with van der Waals surface area (Å²) in [6.45, 7) is 6.08. The Morgan fingerprint density at radius 2 is 2.29 bits per heavy atom. The van der Waals surface area contributed by atoms with Gasteiger partial charge >= 0.3 is 5.97 Å². The third-order valence-corrected chi connectivity index (χ3v) is 3.24. The van der Waals surface area contributed by atoms with Crippen LogP contribution in [0.25, 0.3) is 0 Å². The van der Waals surface area contributed by atoms with Gasteiger partial charge in [0.15, 0.2) is 0 Å². The highest BCUT2D eigenvalue weighted by Gasteiger charge is 2.47. The summed E-state index contributed by atoms with van der Waals surface area (Å²) in [5.41, 5.74) is 0. The fourth-order valence-electron chi connectivity index (χ4n) is 2.16. The smallest absolute Gasteiger partial charge is 0.330 e. The molecular weight excluding hydrogens is 180 g/mol. The van der Waals surface area contributed by atoms with Gasteiger partial charge in [-0.2, -0.15) is 0 Å². The Bertz CT molecular complexity index is 249. The molecule has 1 saturated heterocycles. The molecule has 0 aromatic heterocycles. The van der Waals surface area contributed by atoms with Crippen molar-refractivity contribution in [3.63, 3.8) is 0 Å². The van der Waals surface area contributed by atoms with E-state index in [0.717, 1.165) is 12.8 Å². The summed E-state index contributed by atoms with van der Waals surface area (Å²) in [4.78, 5) is 10.9. The van der Waals surface area contributed by atoms with Crippen LogP contribution in [-0.4, -0.2) is 24.8 Å². The van der Waals surface area contributed by atoms with Crippen molar-refractivity contribution in [3.8, 4) is 0 Å². The Balaban J connectivity index is 1.78. The molecular formula is C11H16O3. The van der Waals surface area contributed by atoms with E-state index in [1.165, 1.54) is 6.08 Å². The molecule has 78 valence electrons. The summed E-state index contributed by atoms with van der Waals surface area (Å²) in [5, 5.41) is 0. The number of esters is 1. The summed E-state index contributed by atoms with van der Waals surface area (Å²) in [6, 6.07) is 0. The molecule has 0 amide bonds. The monoisotopic (exact) mass is 196 g/mol. The second kappa shape index (κ2) is 3.73. The predicted octanol–water partition coefficient (Wildman–Crippen LogP) is 1.53. The average Bonchev–Trinajstić information content (AvgIpc) is 2.91. The summed E-state index contributed by atoms with van der Waals surface area (Å²) < 4.78 is 10.5. The second-order valence-corrected chi connectivity index (χ2v) is 4.26. The fraction of sp³-hybridized carbons (Fsp3) is 0.727.